The van der Waals surface area contributed by atoms with Crippen molar-refractivity contribution >= 4 is 41.3 Å². The van der Waals surface area contributed by atoms with Crippen molar-refractivity contribution in [2.24, 2.45) is 4.99 Å². The lowest BCUT2D eigenvalue weighted by molar-refractivity contribution is 0.0170. The highest BCUT2D eigenvalue weighted by atomic mass is 127. The molecule has 0 aliphatic carbocycles. The van der Waals surface area contributed by atoms with Gasteiger partial charge in [-0.2, -0.15) is 0 Å². The van der Waals surface area contributed by atoms with Crippen molar-refractivity contribution in [3.05, 3.63) is 22.4 Å². The molecule has 1 unspecified atom stereocenters. The highest BCUT2D eigenvalue weighted by molar-refractivity contribution is 14.0. The average molecular weight is 481 g/mol. The maximum absolute atomic E-state index is 5.69. The Kier molecular flexibility index (Phi) is 12.5. The Hall–Kier alpha value is -0.380. The molecule has 0 spiro atoms. The van der Waals surface area contributed by atoms with E-state index in [1.165, 1.54) is 11.3 Å². The van der Waals surface area contributed by atoms with E-state index in [0.29, 0.717) is 6.10 Å². The van der Waals surface area contributed by atoms with Gasteiger partial charge in [0.15, 0.2) is 5.96 Å². The van der Waals surface area contributed by atoms with Crippen molar-refractivity contribution in [3.8, 4) is 0 Å². The molecule has 1 aromatic heterocycles. The fourth-order valence-corrected chi connectivity index (χ4v) is 3.35. The Labute approximate surface area is 173 Å². The summed E-state index contributed by atoms with van der Waals surface area (Å²) in [6, 6.07) is 4.30. The van der Waals surface area contributed by atoms with Crippen molar-refractivity contribution in [3.63, 3.8) is 0 Å². The maximum atomic E-state index is 5.69. The number of rotatable bonds is 10. The van der Waals surface area contributed by atoms with Crippen molar-refractivity contribution in [2.45, 2.75) is 38.7 Å². The Morgan fingerprint density at radius 1 is 1.52 bits per heavy atom. The lowest BCUT2D eigenvalue weighted by Crippen LogP contribution is -2.40. The zero-order chi connectivity index (χ0) is 17.0. The summed E-state index contributed by atoms with van der Waals surface area (Å²) in [5.41, 5.74) is 0. The number of thiophene rings is 1. The number of halogens is 1. The Balaban J connectivity index is 0.00000312. The molecule has 1 fully saturated rings. The summed E-state index contributed by atoms with van der Waals surface area (Å²) < 4.78 is 11.2. The Morgan fingerprint density at radius 2 is 2.40 bits per heavy atom. The second kappa shape index (κ2) is 13.8. The summed E-state index contributed by atoms with van der Waals surface area (Å²) in [6.07, 6.45) is 4.62. The highest BCUT2D eigenvalue weighted by Gasteiger charge is 2.14. The van der Waals surface area contributed by atoms with Gasteiger partial charge in [-0.1, -0.05) is 6.07 Å². The molecule has 1 N–H and O–H groups in total. The monoisotopic (exact) mass is 481 g/mol. The van der Waals surface area contributed by atoms with Crippen molar-refractivity contribution < 1.29 is 9.47 Å². The SMILES string of the molecule is CCNC(=NCCCOCC1CCCO1)N(C)CCc1cccs1.I. The van der Waals surface area contributed by atoms with E-state index in [2.05, 4.69) is 41.7 Å². The number of guanidine groups is 1. The normalized spacial score (nSPS) is 17.4. The van der Waals surface area contributed by atoms with Gasteiger partial charge in [0.25, 0.3) is 0 Å². The average Bonchev–Trinajstić information content (AvgIpc) is 3.28. The summed E-state index contributed by atoms with van der Waals surface area (Å²) in [6.45, 7) is 7.12. The summed E-state index contributed by atoms with van der Waals surface area (Å²) in [4.78, 5) is 8.33. The van der Waals surface area contributed by atoms with Crippen LogP contribution in [0.15, 0.2) is 22.5 Å². The molecule has 1 aliphatic heterocycles. The van der Waals surface area contributed by atoms with Crippen LogP contribution in [0.1, 0.15) is 31.1 Å². The maximum Gasteiger partial charge on any atom is 0.193 e. The summed E-state index contributed by atoms with van der Waals surface area (Å²) in [5.74, 6) is 0.980. The van der Waals surface area contributed by atoms with E-state index in [9.17, 15) is 0 Å². The second-order valence-corrected chi connectivity index (χ2v) is 7.08. The molecule has 1 saturated heterocycles. The summed E-state index contributed by atoms with van der Waals surface area (Å²) >= 11 is 1.81. The first-order valence-electron chi connectivity index (χ1n) is 9.00. The molecular weight excluding hydrogens is 449 g/mol. The summed E-state index contributed by atoms with van der Waals surface area (Å²) in [5, 5.41) is 5.50. The minimum Gasteiger partial charge on any atom is -0.379 e. The number of nitrogens with one attached hydrogen (secondary N) is 1. The van der Waals surface area contributed by atoms with E-state index >= 15 is 0 Å². The number of hydrogen-bond acceptors (Lipinski definition) is 4. The van der Waals surface area contributed by atoms with Crippen LogP contribution in [0, 0.1) is 0 Å². The molecule has 2 heterocycles. The lowest BCUT2D eigenvalue weighted by Gasteiger charge is -2.21. The van der Waals surface area contributed by atoms with Gasteiger partial charge in [0, 0.05) is 44.8 Å². The molecule has 7 heteroatoms. The van der Waals surface area contributed by atoms with Gasteiger partial charge in [-0.3, -0.25) is 4.99 Å². The third kappa shape index (κ3) is 9.21. The van der Waals surface area contributed by atoms with Gasteiger partial charge >= 0.3 is 0 Å². The van der Waals surface area contributed by atoms with Crippen LogP contribution in [-0.4, -0.2) is 63.5 Å². The van der Waals surface area contributed by atoms with E-state index in [4.69, 9.17) is 14.5 Å². The molecule has 1 aliphatic rings. The molecule has 1 aromatic rings. The van der Waals surface area contributed by atoms with Gasteiger partial charge in [-0.05, 0) is 44.1 Å². The summed E-state index contributed by atoms with van der Waals surface area (Å²) in [7, 11) is 2.10. The van der Waals surface area contributed by atoms with Gasteiger partial charge in [-0.15, -0.1) is 35.3 Å². The van der Waals surface area contributed by atoms with Crippen LogP contribution in [0.25, 0.3) is 0 Å². The van der Waals surface area contributed by atoms with Gasteiger partial charge < -0.3 is 19.7 Å². The fraction of sp³-hybridized carbons (Fsp3) is 0.722. The van der Waals surface area contributed by atoms with Gasteiger partial charge in [-0.25, -0.2) is 0 Å². The number of nitrogens with zero attached hydrogens (tertiary/aromatic N) is 2. The van der Waals surface area contributed by atoms with E-state index in [-0.39, 0.29) is 24.0 Å². The van der Waals surface area contributed by atoms with E-state index in [1.54, 1.807) is 0 Å². The molecule has 0 aromatic carbocycles. The van der Waals surface area contributed by atoms with Crippen molar-refractivity contribution in [1.29, 1.82) is 0 Å². The Morgan fingerprint density at radius 3 is 3.08 bits per heavy atom. The van der Waals surface area contributed by atoms with E-state index in [0.717, 1.165) is 64.7 Å². The van der Waals surface area contributed by atoms with Crippen LogP contribution < -0.4 is 5.32 Å². The topological polar surface area (TPSA) is 46.1 Å². The largest absolute Gasteiger partial charge is 0.379 e. The fourth-order valence-electron chi connectivity index (χ4n) is 2.65. The predicted molar refractivity (Wildman–Crippen MR) is 116 cm³/mol. The zero-order valence-corrected chi connectivity index (χ0v) is 18.6. The third-order valence-electron chi connectivity index (χ3n) is 4.01. The second-order valence-electron chi connectivity index (χ2n) is 6.05. The minimum absolute atomic E-state index is 0. The molecule has 25 heavy (non-hydrogen) atoms. The van der Waals surface area contributed by atoms with Gasteiger partial charge in [0.1, 0.15) is 0 Å². The number of aliphatic imine (C=N–C) groups is 1. The van der Waals surface area contributed by atoms with E-state index in [1.807, 2.05) is 11.3 Å². The van der Waals surface area contributed by atoms with E-state index < -0.39 is 0 Å². The third-order valence-corrected chi connectivity index (χ3v) is 4.94. The highest BCUT2D eigenvalue weighted by Crippen LogP contribution is 2.12. The van der Waals surface area contributed by atoms with Crippen LogP contribution in [0.4, 0.5) is 0 Å². The van der Waals surface area contributed by atoms with Crippen molar-refractivity contribution in [1.82, 2.24) is 10.2 Å². The molecule has 144 valence electrons. The van der Waals surface area contributed by atoms with Gasteiger partial charge in [0.2, 0.25) is 0 Å². The number of ether oxygens (including phenoxy) is 2. The van der Waals surface area contributed by atoms with Gasteiger partial charge in [0.05, 0.1) is 12.7 Å². The first-order valence-corrected chi connectivity index (χ1v) is 9.88. The van der Waals surface area contributed by atoms with Crippen LogP contribution in [0.2, 0.25) is 0 Å². The number of hydrogen-bond donors (Lipinski definition) is 1. The molecule has 0 bridgehead atoms. The molecule has 0 amide bonds. The minimum atomic E-state index is 0. The molecule has 1 atom stereocenters. The zero-order valence-electron chi connectivity index (χ0n) is 15.4. The van der Waals surface area contributed by atoms with Crippen LogP contribution >= 0.6 is 35.3 Å². The standard InChI is InChI=1S/C18H31N3O2S.HI/c1-3-19-18(21(2)11-9-17-8-5-14-24-17)20-10-6-12-22-15-16-7-4-13-23-16;/h5,8,14,16H,3-4,6-7,9-13,15H2,1-2H3,(H,19,20);1H. The lowest BCUT2D eigenvalue weighted by atomic mass is 10.2. The number of likely N-dealkylation sites (N-methyl/N-ethyl adjacent to an activating group) is 1. The first kappa shape index (κ1) is 22.7. The molecule has 2 rings (SSSR count). The van der Waals surface area contributed by atoms with Crippen LogP contribution in [0.3, 0.4) is 0 Å². The van der Waals surface area contributed by atoms with Crippen LogP contribution in [-0.2, 0) is 15.9 Å². The predicted octanol–water partition coefficient (Wildman–Crippen LogP) is 3.39. The molecule has 5 nitrogen and oxygen atoms in total. The quantitative estimate of drug-likeness (QED) is 0.241. The van der Waals surface area contributed by atoms with Crippen LogP contribution in [0.5, 0.6) is 0 Å². The first-order chi connectivity index (χ1) is 11.8. The smallest absolute Gasteiger partial charge is 0.193 e. The van der Waals surface area contributed by atoms with Crippen molar-refractivity contribution in [2.75, 3.05) is 46.5 Å². The molecule has 0 saturated carbocycles. The molecular formula is C18H32IN3O2S. The molecule has 0 radical (unpaired) electrons. The Bertz CT molecular complexity index is 465.